The second kappa shape index (κ2) is 4.88. The first kappa shape index (κ1) is 11.4. The van der Waals surface area contributed by atoms with Gasteiger partial charge in [-0.3, -0.25) is 4.90 Å². The van der Waals surface area contributed by atoms with Crippen molar-refractivity contribution in [2.45, 2.75) is 6.04 Å². The van der Waals surface area contributed by atoms with Crippen molar-refractivity contribution < 1.29 is 0 Å². The van der Waals surface area contributed by atoms with Crippen molar-refractivity contribution in [1.29, 1.82) is 5.26 Å². The Morgan fingerprint density at radius 2 is 2.11 bits per heavy atom. The summed E-state index contributed by atoms with van der Waals surface area (Å²) < 4.78 is 0. The number of nitrogens with zero attached hydrogens (tertiary/aromatic N) is 5. The Hall–Kier alpha value is -1.71. The molecule has 94 valence electrons. The third kappa shape index (κ3) is 2.03. The number of piperazine rings is 1. The zero-order chi connectivity index (χ0) is 12.4. The van der Waals surface area contributed by atoms with Crippen LogP contribution in [0.4, 0.5) is 5.82 Å². The van der Waals surface area contributed by atoms with E-state index in [1.54, 1.807) is 12.3 Å². The molecule has 1 N–H and O–H groups in total. The molecule has 1 aromatic heterocycles. The van der Waals surface area contributed by atoms with Gasteiger partial charge in [-0.1, -0.05) is 0 Å². The molecule has 2 saturated heterocycles. The van der Waals surface area contributed by atoms with Crippen LogP contribution in [0.5, 0.6) is 0 Å². The van der Waals surface area contributed by atoms with E-state index in [1.807, 2.05) is 0 Å². The van der Waals surface area contributed by atoms with Crippen molar-refractivity contribution in [3.63, 3.8) is 0 Å². The normalized spacial score (nSPS) is 21.4. The molecule has 2 fully saturated rings. The highest BCUT2D eigenvalue weighted by Gasteiger charge is 2.34. The summed E-state index contributed by atoms with van der Waals surface area (Å²) in [6.07, 6.45) is 1.57. The summed E-state index contributed by atoms with van der Waals surface area (Å²) in [5.41, 5.74) is 0.615. The molecular weight excluding hydrogens is 228 g/mol. The largest absolute Gasteiger partial charge is 0.351 e. The molecule has 0 unspecified atom stereocenters. The highest BCUT2D eigenvalue weighted by atomic mass is 15.4. The summed E-state index contributed by atoms with van der Waals surface area (Å²) in [4.78, 5) is 4.65. The Morgan fingerprint density at radius 3 is 2.83 bits per heavy atom. The van der Waals surface area contributed by atoms with Gasteiger partial charge in [-0.2, -0.15) is 10.4 Å². The van der Waals surface area contributed by atoms with Gasteiger partial charge in [0.15, 0.2) is 5.82 Å². The van der Waals surface area contributed by atoms with Crippen LogP contribution in [-0.4, -0.2) is 60.4 Å². The Bertz CT molecular complexity index is 456. The van der Waals surface area contributed by atoms with Gasteiger partial charge in [0.1, 0.15) is 6.07 Å². The van der Waals surface area contributed by atoms with E-state index in [9.17, 15) is 0 Å². The van der Waals surface area contributed by atoms with Crippen molar-refractivity contribution in [3.05, 3.63) is 17.8 Å². The van der Waals surface area contributed by atoms with E-state index in [-0.39, 0.29) is 0 Å². The van der Waals surface area contributed by atoms with Gasteiger partial charge in [0.2, 0.25) is 0 Å². The van der Waals surface area contributed by atoms with Gasteiger partial charge in [-0.05, 0) is 6.07 Å². The molecule has 0 bridgehead atoms. The van der Waals surface area contributed by atoms with Crippen LogP contribution in [0, 0.1) is 11.3 Å². The number of anilines is 1. The van der Waals surface area contributed by atoms with E-state index in [1.165, 1.54) is 0 Å². The fraction of sp³-hybridized carbons (Fsp3) is 0.583. The topological polar surface area (TPSA) is 68.1 Å². The van der Waals surface area contributed by atoms with E-state index < -0.39 is 0 Å². The lowest BCUT2D eigenvalue weighted by Gasteiger charge is -2.47. The molecule has 0 spiro atoms. The van der Waals surface area contributed by atoms with Crippen LogP contribution in [0.3, 0.4) is 0 Å². The van der Waals surface area contributed by atoms with Gasteiger partial charge in [0.25, 0.3) is 0 Å². The molecule has 0 radical (unpaired) electrons. The number of nitriles is 1. The first-order valence-electron chi connectivity index (χ1n) is 6.30. The Labute approximate surface area is 106 Å². The first-order chi connectivity index (χ1) is 8.88. The molecule has 3 heterocycles. The summed E-state index contributed by atoms with van der Waals surface area (Å²) in [5, 5.41) is 20.3. The lowest BCUT2D eigenvalue weighted by molar-refractivity contribution is 0.147. The van der Waals surface area contributed by atoms with Crippen LogP contribution in [0.25, 0.3) is 0 Å². The molecule has 0 aliphatic carbocycles. The van der Waals surface area contributed by atoms with Crippen molar-refractivity contribution in [3.8, 4) is 6.07 Å². The van der Waals surface area contributed by atoms with E-state index in [0.717, 1.165) is 45.1 Å². The number of hydrogen-bond donors (Lipinski definition) is 1. The van der Waals surface area contributed by atoms with Gasteiger partial charge >= 0.3 is 0 Å². The summed E-state index contributed by atoms with van der Waals surface area (Å²) >= 11 is 0. The highest BCUT2D eigenvalue weighted by Crippen LogP contribution is 2.24. The maximum atomic E-state index is 9.04. The maximum absolute atomic E-state index is 9.04. The lowest BCUT2D eigenvalue weighted by Crippen LogP contribution is -2.63. The Kier molecular flexibility index (Phi) is 3.09. The standard InChI is InChI=1S/C12H16N6/c13-7-10-1-2-15-16-12(10)18-8-11(9-18)17-5-3-14-4-6-17/h1-2,11,14H,3-6,8-9H2. The molecule has 6 heteroatoms. The SMILES string of the molecule is N#Cc1ccnnc1N1CC(N2CCNCC2)C1. The monoisotopic (exact) mass is 244 g/mol. The smallest absolute Gasteiger partial charge is 0.169 e. The van der Waals surface area contributed by atoms with Crippen LogP contribution >= 0.6 is 0 Å². The number of nitrogens with one attached hydrogen (secondary N) is 1. The Morgan fingerprint density at radius 1 is 1.33 bits per heavy atom. The number of rotatable bonds is 2. The lowest BCUT2D eigenvalue weighted by atomic mass is 10.1. The number of hydrogen-bond acceptors (Lipinski definition) is 6. The summed E-state index contributed by atoms with van der Waals surface area (Å²) in [6, 6.07) is 4.49. The van der Waals surface area contributed by atoms with Crippen LogP contribution in [0.1, 0.15) is 5.56 Å². The van der Waals surface area contributed by atoms with E-state index in [2.05, 4.69) is 31.4 Å². The van der Waals surface area contributed by atoms with E-state index >= 15 is 0 Å². The van der Waals surface area contributed by atoms with Gasteiger partial charge in [-0.15, -0.1) is 5.10 Å². The number of aromatic nitrogens is 2. The van der Waals surface area contributed by atoms with Gasteiger partial charge in [0.05, 0.1) is 11.8 Å². The minimum atomic E-state index is 0.598. The molecule has 0 saturated carbocycles. The molecule has 2 aliphatic rings. The zero-order valence-corrected chi connectivity index (χ0v) is 10.2. The maximum Gasteiger partial charge on any atom is 0.169 e. The second-order valence-corrected chi connectivity index (χ2v) is 4.73. The van der Waals surface area contributed by atoms with Gasteiger partial charge < -0.3 is 10.2 Å². The molecule has 3 rings (SSSR count). The van der Waals surface area contributed by atoms with Gasteiger partial charge in [0, 0.05) is 45.3 Å². The average Bonchev–Trinajstić information content (AvgIpc) is 2.39. The molecule has 18 heavy (non-hydrogen) atoms. The predicted octanol–water partition coefficient (Wildman–Crippen LogP) is -0.558. The second-order valence-electron chi connectivity index (χ2n) is 4.73. The van der Waals surface area contributed by atoms with Crippen LogP contribution < -0.4 is 10.2 Å². The summed E-state index contributed by atoms with van der Waals surface area (Å²) in [6.45, 7) is 6.28. The van der Waals surface area contributed by atoms with Crippen molar-refractivity contribution in [2.75, 3.05) is 44.2 Å². The highest BCUT2D eigenvalue weighted by molar-refractivity contribution is 5.54. The van der Waals surface area contributed by atoms with E-state index in [4.69, 9.17) is 5.26 Å². The van der Waals surface area contributed by atoms with Crippen LogP contribution in [0.15, 0.2) is 12.3 Å². The van der Waals surface area contributed by atoms with Crippen molar-refractivity contribution in [2.24, 2.45) is 0 Å². The quantitative estimate of drug-likeness (QED) is 0.752. The summed E-state index contributed by atoms with van der Waals surface area (Å²) in [7, 11) is 0. The molecule has 6 nitrogen and oxygen atoms in total. The third-order valence-corrected chi connectivity index (χ3v) is 3.65. The third-order valence-electron chi connectivity index (χ3n) is 3.65. The molecule has 2 aliphatic heterocycles. The Balaban J connectivity index is 1.63. The van der Waals surface area contributed by atoms with Crippen molar-refractivity contribution >= 4 is 5.82 Å². The minimum Gasteiger partial charge on any atom is -0.351 e. The fourth-order valence-corrected chi connectivity index (χ4v) is 2.55. The molecule has 0 aromatic carbocycles. The fourth-order valence-electron chi connectivity index (χ4n) is 2.55. The minimum absolute atomic E-state index is 0.598. The molecule has 1 aromatic rings. The summed E-state index contributed by atoms with van der Waals surface area (Å²) in [5.74, 6) is 0.728. The van der Waals surface area contributed by atoms with Crippen LogP contribution in [-0.2, 0) is 0 Å². The van der Waals surface area contributed by atoms with Crippen LogP contribution in [0.2, 0.25) is 0 Å². The average molecular weight is 244 g/mol. The predicted molar refractivity (Wildman–Crippen MR) is 67.2 cm³/mol. The van der Waals surface area contributed by atoms with Crippen molar-refractivity contribution in [1.82, 2.24) is 20.4 Å². The zero-order valence-electron chi connectivity index (χ0n) is 10.2. The van der Waals surface area contributed by atoms with Gasteiger partial charge in [-0.25, -0.2) is 0 Å². The van der Waals surface area contributed by atoms with E-state index in [0.29, 0.717) is 11.6 Å². The first-order valence-corrected chi connectivity index (χ1v) is 6.30. The molecule has 0 amide bonds. The molecule has 0 atom stereocenters. The molecular formula is C12H16N6.